The maximum atomic E-state index is 12.1. The molecule has 4 aromatic rings. The highest BCUT2D eigenvalue weighted by molar-refractivity contribution is 7.92. The fraction of sp³-hybridized carbons (Fsp3) is 0.241. The van der Waals surface area contributed by atoms with E-state index in [0.29, 0.717) is 16.5 Å². The normalized spacial score (nSPS) is 17.3. The van der Waals surface area contributed by atoms with Gasteiger partial charge in [-0.3, -0.25) is 9.71 Å². The average Bonchev–Trinajstić information content (AvgIpc) is 3.35. The summed E-state index contributed by atoms with van der Waals surface area (Å²) in [7, 11) is -2.03. The Morgan fingerprint density at radius 2 is 1.69 bits per heavy atom. The second-order valence-electron chi connectivity index (χ2n) is 9.64. The first kappa shape index (κ1) is 26.7. The third-order valence-electron chi connectivity index (χ3n) is 7.17. The van der Waals surface area contributed by atoms with Gasteiger partial charge in [-0.25, -0.2) is 8.42 Å². The third kappa shape index (κ3) is 4.97. The van der Waals surface area contributed by atoms with Gasteiger partial charge in [-0.05, 0) is 81.0 Å². The van der Waals surface area contributed by atoms with Gasteiger partial charge in [0.2, 0.25) is 10.0 Å². The maximum Gasteiger partial charge on any atom is 0.229 e. The minimum atomic E-state index is -3.54. The van der Waals surface area contributed by atoms with Gasteiger partial charge in [0.15, 0.2) is 5.11 Å². The van der Waals surface area contributed by atoms with Crippen LogP contribution in [0.3, 0.4) is 0 Å². The second-order valence-corrected chi connectivity index (χ2v) is 11.8. The monoisotopic (exact) mass is 561 g/mol. The van der Waals surface area contributed by atoms with Crippen molar-refractivity contribution in [1.29, 1.82) is 0 Å². The predicted octanol–water partition coefficient (Wildman–Crippen LogP) is 5.35. The van der Waals surface area contributed by atoms with Gasteiger partial charge in [-0.1, -0.05) is 24.3 Å². The topological polar surface area (TPSA) is 88.5 Å². The number of pyridine rings is 1. The Balaban J connectivity index is 1.72. The van der Waals surface area contributed by atoms with E-state index in [4.69, 9.17) is 17.0 Å². The van der Waals surface area contributed by atoms with E-state index < -0.39 is 10.0 Å². The van der Waals surface area contributed by atoms with Crippen molar-refractivity contribution < 1.29 is 13.2 Å². The van der Waals surface area contributed by atoms with E-state index in [1.54, 1.807) is 18.3 Å². The lowest BCUT2D eigenvalue weighted by atomic mass is 9.93. The first-order chi connectivity index (χ1) is 18.6. The van der Waals surface area contributed by atoms with Crippen LogP contribution in [0.2, 0.25) is 0 Å². The Kier molecular flexibility index (Phi) is 7.09. The summed E-state index contributed by atoms with van der Waals surface area (Å²) in [6, 6.07) is 21.0. The van der Waals surface area contributed by atoms with E-state index in [9.17, 15) is 8.42 Å². The molecule has 1 aliphatic rings. The number of hydrogen-bond acceptors (Lipinski definition) is 5. The number of benzene rings is 2. The number of para-hydroxylation sites is 1. The molecule has 0 radical (unpaired) electrons. The molecule has 1 saturated heterocycles. The fourth-order valence-electron chi connectivity index (χ4n) is 5.46. The second kappa shape index (κ2) is 10.3. The summed E-state index contributed by atoms with van der Waals surface area (Å²) >= 11 is 5.92. The number of nitrogens with zero attached hydrogens (tertiary/aromatic N) is 3. The highest BCUT2D eigenvalue weighted by Crippen LogP contribution is 2.46. The number of nitrogens with one attached hydrogen (secondary N) is 2. The van der Waals surface area contributed by atoms with Crippen LogP contribution < -0.4 is 19.7 Å². The Labute approximate surface area is 234 Å². The SMILES string of the molecule is COc1ccc(N2C(=S)N[C@@H](c3ccccn3)[C@@H]2c2c(C)c(C)n(-c3ccccc3)c2C)cc1NS(C)(=O)=O. The fourth-order valence-corrected chi connectivity index (χ4v) is 6.36. The average molecular weight is 562 g/mol. The molecular weight excluding hydrogens is 530 g/mol. The van der Waals surface area contributed by atoms with Crippen LogP contribution in [0.25, 0.3) is 5.69 Å². The third-order valence-corrected chi connectivity index (χ3v) is 8.08. The Morgan fingerprint density at radius 1 is 0.974 bits per heavy atom. The quantitative estimate of drug-likeness (QED) is 0.294. The van der Waals surface area contributed by atoms with E-state index in [-0.39, 0.29) is 12.1 Å². The predicted molar refractivity (Wildman–Crippen MR) is 159 cm³/mol. The molecule has 1 fully saturated rings. The van der Waals surface area contributed by atoms with Crippen molar-refractivity contribution >= 4 is 38.7 Å². The summed E-state index contributed by atoms with van der Waals surface area (Å²) in [6.07, 6.45) is 2.89. The lowest BCUT2D eigenvalue weighted by Crippen LogP contribution is -2.30. The first-order valence-electron chi connectivity index (χ1n) is 12.5. The van der Waals surface area contributed by atoms with Crippen molar-refractivity contribution in [1.82, 2.24) is 14.9 Å². The Bertz CT molecular complexity index is 1640. The molecule has 2 aromatic heterocycles. The summed E-state index contributed by atoms with van der Waals surface area (Å²) in [6.45, 7) is 6.39. The van der Waals surface area contributed by atoms with E-state index >= 15 is 0 Å². The van der Waals surface area contributed by atoms with Crippen LogP contribution in [-0.4, -0.2) is 36.4 Å². The van der Waals surface area contributed by atoms with Gasteiger partial charge in [-0.2, -0.15) is 0 Å². The van der Waals surface area contributed by atoms with Crippen LogP contribution in [0.5, 0.6) is 5.75 Å². The van der Waals surface area contributed by atoms with Crippen LogP contribution in [0.4, 0.5) is 11.4 Å². The first-order valence-corrected chi connectivity index (χ1v) is 14.8. The number of ether oxygens (including phenoxy) is 1. The molecule has 10 heteroatoms. The van der Waals surface area contributed by atoms with Crippen molar-refractivity contribution in [3.05, 3.63) is 101 Å². The summed E-state index contributed by atoms with van der Waals surface area (Å²) in [5, 5.41) is 4.03. The number of thiocarbonyl (C=S) groups is 1. The van der Waals surface area contributed by atoms with Crippen molar-refractivity contribution in [2.75, 3.05) is 23.0 Å². The molecule has 8 nitrogen and oxygen atoms in total. The number of methoxy groups -OCH3 is 1. The molecule has 202 valence electrons. The van der Waals surface area contributed by atoms with Gasteiger partial charge in [0.1, 0.15) is 5.75 Å². The van der Waals surface area contributed by atoms with E-state index in [1.807, 2.05) is 47.4 Å². The molecule has 2 aromatic carbocycles. The van der Waals surface area contributed by atoms with Crippen LogP contribution in [-0.2, 0) is 10.0 Å². The maximum absolute atomic E-state index is 12.1. The molecule has 2 N–H and O–H groups in total. The summed E-state index contributed by atoms with van der Waals surface area (Å²) < 4.78 is 34.5. The molecular formula is C29H31N5O3S2. The molecule has 0 spiro atoms. The molecule has 1 aliphatic heterocycles. The summed E-state index contributed by atoms with van der Waals surface area (Å²) in [5.74, 6) is 0.415. The summed E-state index contributed by atoms with van der Waals surface area (Å²) in [4.78, 5) is 6.72. The highest BCUT2D eigenvalue weighted by Gasteiger charge is 2.43. The number of rotatable bonds is 7. The number of aromatic nitrogens is 2. The number of hydrogen-bond donors (Lipinski definition) is 2. The molecule has 3 heterocycles. The van der Waals surface area contributed by atoms with Crippen LogP contribution in [0, 0.1) is 20.8 Å². The molecule has 0 unspecified atom stereocenters. The van der Waals surface area contributed by atoms with Crippen molar-refractivity contribution in [2.45, 2.75) is 32.9 Å². The van der Waals surface area contributed by atoms with E-state index in [0.717, 1.165) is 45.8 Å². The summed E-state index contributed by atoms with van der Waals surface area (Å²) in [5.41, 5.74) is 7.54. The van der Waals surface area contributed by atoms with Crippen molar-refractivity contribution in [3.63, 3.8) is 0 Å². The minimum Gasteiger partial charge on any atom is -0.495 e. The minimum absolute atomic E-state index is 0.240. The molecule has 0 amide bonds. The van der Waals surface area contributed by atoms with Crippen molar-refractivity contribution in [2.24, 2.45) is 0 Å². The van der Waals surface area contributed by atoms with E-state index in [1.165, 1.54) is 7.11 Å². The highest BCUT2D eigenvalue weighted by atomic mass is 32.2. The zero-order valence-corrected chi connectivity index (χ0v) is 24.1. The van der Waals surface area contributed by atoms with Crippen LogP contribution >= 0.6 is 12.2 Å². The standard InChI is InChI=1S/C29H31N5O3S2/c1-18-19(2)33(21-11-7-6-8-12-21)20(3)26(18)28-27(23-13-9-10-16-30-23)31-29(38)34(28)22-14-15-25(37-4)24(17-22)32-39(5,35)36/h6-17,27-28,32H,1-5H3,(H,31,38)/t27-,28-/m0/s1. The molecule has 0 aliphatic carbocycles. The zero-order chi connectivity index (χ0) is 27.9. The van der Waals surface area contributed by atoms with Crippen LogP contribution in [0.1, 0.15) is 40.3 Å². The lowest BCUT2D eigenvalue weighted by molar-refractivity contribution is 0.417. The Morgan fingerprint density at radius 3 is 2.33 bits per heavy atom. The van der Waals surface area contributed by atoms with E-state index in [2.05, 4.69) is 52.5 Å². The lowest BCUT2D eigenvalue weighted by Gasteiger charge is -2.29. The van der Waals surface area contributed by atoms with Gasteiger partial charge >= 0.3 is 0 Å². The number of sulfonamides is 1. The van der Waals surface area contributed by atoms with Gasteiger partial charge in [-0.15, -0.1) is 0 Å². The van der Waals surface area contributed by atoms with Gasteiger partial charge < -0.3 is 19.5 Å². The number of anilines is 2. The Hall–Kier alpha value is -3.89. The van der Waals surface area contributed by atoms with Gasteiger partial charge in [0.25, 0.3) is 0 Å². The van der Waals surface area contributed by atoms with Gasteiger partial charge in [0.05, 0.1) is 36.8 Å². The molecule has 0 saturated carbocycles. The van der Waals surface area contributed by atoms with Crippen molar-refractivity contribution in [3.8, 4) is 11.4 Å². The zero-order valence-electron chi connectivity index (χ0n) is 22.5. The smallest absolute Gasteiger partial charge is 0.229 e. The molecule has 39 heavy (non-hydrogen) atoms. The largest absolute Gasteiger partial charge is 0.495 e. The molecule has 0 bridgehead atoms. The van der Waals surface area contributed by atoms with Gasteiger partial charge in [0, 0.05) is 34.5 Å². The molecule has 5 rings (SSSR count). The molecule has 2 atom stereocenters. The van der Waals surface area contributed by atoms with Crippen LogP contribution in [0.15, 0.2) is 72.9 Å².